The number of thiazole rings is 1. The van der Waals surface area contributed by atoms with Crippen molar-refractivity contribution in [3.63, 3.8) is 0 Å². The van der Waals surface area contributed by atoms with Crippen LogP contribution in [0.1, 0.15) is 30.0 Å². The number of rotatable bonds is 4. The average molecular weight is 309 g/mol. The molecule has 0 saturated heterocycles. The first-order chi connectivity index (χ1) is 9.47. The molecule has 0 bridgehead atoms. The Kier molecular flexibility index (Phi) is 4.78. The summed E-state index contributed by atoms with van der Waals surface area (Å²) in [5.74, 6) is -0.0609. The van der Waals surface area contributed by atoms with Gasteiger partial charge in [0.05, 0.1) is 5.69 Å². The van der Waals surface area contributed by atoms with Crippen molar-refractivity contribution in [2.75, 3.05) is 5.32 Å². The lowest BCUT2D eigenvalue weighted by Gasteiger charge is -2.03. The number of nitrogens with one attached hydrogen (secondary N) is 1. The van der Waals surface area contributed by atoms with Crippen molar-refractivity contribution in [3.05, 3.63) is 45.4 Å². The number of anilines is 1. The highest BCUT2D eigenvalue weighted by Gasteiger charge is 2.13. The molecule has 5 heteroatoms. The van der Waals surface area contributed by atoms with Crippen molar-refractivity contribution in [2.24, 2.45) is 5.92 Å². The molecule has 1 aromatic carbocycles. The molecule has 0 radical (unpaired) electrons. The number of aromatic nitrogens is 1. The minimum absolute atomic E-state index is 0.0111. The van der Waals surface area contributed by atoms with Crippen LogP contribution in [-0.4, -0.2) is 10.9 Å². The van der Waals surface area contributed by atoms with E-state index in [-0.39, 0.29) is 11.8 Å². The van der Waals surface area contributed by atoms with Crippen molar-refractivity contribution in [1.29, 1.82) is 0 Å². The fraction of sp³-hybridized carbons (Fsp3) is 0.333. The van der Waals surface area contributed by atoms with Crippen LogP contribution in [0.15, 0.2) is 24.3 Å². The monoisotopic (exact) mass is 308 g/mol. The zero-order valence-electron chi connectivity index (χ0n) is 11.7. The van der Waals surface area contributed by atoms with Crippen molar-refractivity contribution >= 4 is 34.0 Å². The minimum atomic E-state index is -0.0498. The Hall–Kier alpha value is -1.39. The number of benzene rings is 1. The van der Waals surface area contributed by atoms with Gasteiger partial charge in [-0.05, 0) is 18.6 Å². The maximum Gasteiger partial charge on any atom is 0.228 e. The van der Waals surface area contributed by atoms with E-state index < -0.39 is 0 Å². The zero-order chi connectivity index (χ0) is 14.7. The van der Waals surface area contributed by atoms with Crippen LogP contribution in [0, 0.1) is 12.8 Å². The van der Waals surface area contributed by atoms with Gasteiger partial charge in [0.2, 0.25) is 5.91 Å². The van der Waals surface area contributed by atoms with Gasteiger partial charge in [-0.3, -0.25) is 4.79 Å². The van der Waals surface area contributed by atoms with Crippen LogP contribution in [0.4, 0.5) is 5.13 Å². The largest absolute Gasteiger partial charge is 0.302 e. The molecule has 20 heavy (non-hydrogen) atoms. The van der Waals surface area contributed by atoms with E-state index in [2.05, 4.69) is 10.3 Å². The SMILES string of the molecule is Cc1nc(NC(=O)C(C)C)sc1Cc1ccccc1Cl. The molecule has 106 valence electrons. The molecule has 0 aliphatic rings. The molecule has 0 aliphatic carbocycles. The number of amides is 1. The lowest BCUT2D eigenvalue weighted by Crippen LogP contribution is -2.17. The molecular formula is C15H17ClN2OS. The van der Waals surface area contributed by atoms with E-state index in [1.54, 1.807) is 0 Å². The quantitative estimate of drug-likeness (QED) is 0.915. The number of hydrogen-bond acceptors (Lipinski definition) is 3. The van der Waals surface area contributed by atoms with Crippen LogP contribution in [0.3, 0.4) is 0 Å². The molecule has 0 spiro atoms. The Morgan fingerprint density at radius 3 is 2.75 bits per heavy atom. The summed E-state index contributed by atoms with van der Waals surface area (Å²) in [6, 6.07) is 7.78. The number of nitrogens with zero attached hydrogens (tertiary/aromatic N) is 1. The van der Waals surface area contributed by atoms with Gasteiger partial charge in [-0.25, -0.2) is 4.98 Å². The van der Waals surface area contributed by atoms with Crippen LogP contribution in [-0.2, 0) is 11.2 Å². The Morgan fingerprint density at radius 2 is 2.10 bits per heavy atom. The highest BCUT2D eigenvalue weighted by Crippen LogP contribution is 2.27. The molecule has 0 saturated carbocycles. The van der Waals surface area contributed by atoms with E-state index in [1.807, 2.05) is 45.0 Å². The van der Waals surface area contributed by atoms with Gasteiger partial charge >= 0.3 is 0 Å². The molecule has 2 aromatic rings. The van der Waals surface area contributed by atoms with E-state index >= 15 is 0 Å². The maximum atomic E-state index is 11.7. The topological polar surface area (TPSA) is 42.0 Å². The van der Waals surface area contributed by atoms with Gasteiger partial charge in [-0.15, -0.1) is 11.3 Å². The van der Waals surface area contributed by atoms with Gasteiger partial charge in [0.25, 0.3) is 0 Å². The van der Waals surface area contributed by atoms with E-state index in [9.17, 15) is 4.79 Å². The third-order valence-corrected chi connectivity index (χ3v) is 4.40. The molecule has 0 fully saturated rings. The summed E-state index contributed by atoms with van der Waals surface area (Å²) in [6.45, 7) is 5.68. The summed E-state index contributed by atoms with van der Waals surface area (Å²) in [5, 5.41) is 4.25. The molecule has 1 heterocycles. The molecule has 2 rings (SSSR count). The van der Waals surface area contributed by atoms with E-state index in [0.29, 0.717) is 5.13 Å². The molecule has 1 amide bonds. The molecule has 1 aromatic heterocycles. The van der Waals surface area contributed by atoms with Gasteiger partial charge in [-0.2, -0.15) is 0 Å². The highest BCUT2D eigenvalue weighted by molar-refractivity contribution is 7.15. The third kappa shape index (κ3) is 3.58. The first kappa shape index (κ1) is 15.0. The second kappa shape index (κ2) is 6.37. The van der Waals surface area contributed by atoms with Crippen LogP contribution < -0.4 is 5.32 Å². The van der Waals surface area contributed by atoms with E-state index in [1.165, 1.54) is 11.3 Å². The summed E-state index contributed by atoms with van der Waals surface area (Å²) in [5.41, 5.74) is 2.01. The summed E-state index contributed by atoms with van der Waals surface area (Å²) >= 11 is 7.68. The van der Waals surface area contributed by atoms with Gasteiger partial charge in [-0.1, -0.05) is 43.6 Å². The first-order valence-electron chi connectivity index (χ1n) is 6.48. The van der Waals surface area contributed by atoms with Gasteiger partial charge in [0.15, 0.2) is 5.13 Å². The zero-order valence-corrected chi connectivity index (χ0v) is 13.3. The number of hydrogen-bond donors (Lipinski definition) is 1. The second-order valence-electron chi connectivity index (χ2n) is 4.94. The van der Waals surface area contributed by atoms with Crippen LogP contribution in [0.25, 0.3) is 0 Å². The number of carbonyl (C=O) groups excluding carboxylic acids is 1. The molecule has 0 aliphatic heterocycles. The molecule has 3 nitrogen and oxygen atoms in total. The Balaban J connectivity index is 2.16. The molecule has 0 atom stereocenters. The number of aryl methyl sites for hydroxylation is 1. The fourth-order valence-electron chi connectivity index (χ4n) is 1.71. The number of carbonyl (C=O) groups is 1. The van der Waals surface area contributed by atoms with Crippen LogP contribution in [0.2, 0.25) is 5.02 Å². The standard InChI is InChI=1S/C15H17ClN2OS/c1-9(2)14(19)18-15-17-10(3)13(20-15)8-11-6-4-5-7-12(11)16/h4-7,9H,8H2,1-3H3,(H,17,18,19). The summed E-state index contributed by atoms with van der Waals surface area (Å²) < 4.78 is 0. The third-order valence-electron chi connectivity index (χ3n) is 2.96. The number of halogens is 1. The lowest BCUT2D eigenvalue weighted by atomic mass is 10.1. The van der Waals surface area contributed by atoms with Crippen molar-refractivity contribution in [3.8, 4) is 0 Å². The maximum absolute atomic E-state index is 11.7. The summed E-state index contributed by atoms with van der Waals surface area (Å²) in [6.07, 6.45) is 0.737. The molecular weight excluding hydrogens is 292 g/mol. The smallest absolute Gasteiger partial charge is 0.228 e. The van der Waals surface area contributed by atoms with Crippen molar-refractivity contribution in [2.45, 2.75) is 27.2 Å². The van der Waals surface area contributed by atoms with E-state index in [0.717, 1.165) is 27.6 Å². The Morgan fingerprint density at radius 1 is 1.40 bits per heavy atom. The normalized spacial score (nSPS) is 10.8. The highest BCUT2D eigenvalue weighted by atomic mass is 35.5. The predicted molar refractivity (Wildman–Crippen MR) is 84.6 cm³/mol. The lowest BCUT2D eigenvalue weighted by molar-refractivity contribution is -0.118. The average Bonchev–Trinajstić information content (AvgIpc) is 2.72. The van der Waals surface area contributed by atoms with E-state index in [4.69, 9.17) is 11.6 Å². The van der Waals surface area contributed by atoms with Crippen LogP contribution >= 0.6 is 22.9 Å². The second-order valence-corrected chi connectivity index (χ2v) is 6.43. The first-order valence-corrected chi connectivity index (χ1v) is 7.67. The molecule has 1 N–H and O–H groups in total. The summed E-state index contributed by atoms with van der Waals surface area (Å²) in [7, 11) is 0. The predicted octanol–water partition coefficient (Wildman–Crippen LogP) is 4.29. The van der Waals surface area contributed by atoms with Crippen LogP contribution in [0.5, 0.6) is 0 Å². The summed E-state index contributed by atoms with van der Waals surface area (Å²) in [4.78, 5) is 17.2. The Bertz CT molecular complexity index is 622. The fourth-order valence-corrected chi connectivity index (χ4v) is 2.90. The van der Waals surface area contributed by atoms with Gasteiger partial charge in [0, 0.05) is 22.2 Å². The Labute approximate surface area is 128 Å². The van der Waals surface area contributed by atoms with Crippen molar-refractivity contribution in [1.82, 2.24) is 4.98 Å². The van der Waals surface area contributed by atoms with Gasteiger partial charge in [0.1, 0.15) is 0 Å². The molecule has 0 unspecified atom stereocenters. The van der Waals surface area contributed by atoms with Gasteiger partial charge < -0.3 is 5.32 Å². The van der Waals surface area contributed by atoms with Crippen molar-refractivity contribution < 1.29 is 4.79 Å². The minimum Gasteiger partial charge on any atom is -0.302 e.